The Morgan fingerprint density at radius 1 is 0.673 bits per heavy atom. The van der Waals surface area contributed by atoms with E-state index in [0.717, 1.165) is 9.80 Å². The van der Waals surface area contributed by atoms with E-state index >= 15 is 0 Å². The molecule has 16 nitrogen and oxygen atoms in total. The lowest BCUT2D eigenvalue weighted by Gasteiger charge is -2.56. The van der Waals surface area contributed by atoms with Gasteiger partial charge in [-0.25, -0.2) is 9.59 Å². The van der Waals surface area contributed by atoms with Crippen LogP contribution in [0.4, 0.5) is 9.59 Å². The number of nitrogens with one attached hydrogen (secondary N) is 2. The summed E-state index contributed by atoms with van der Waals surface area (Å²) in [4.78, 5) is 84.9. The molecule has 52 heavy (non-hydrogen) atoms. The second-order valence-electron chi connectivity index (χ2n) is 18.5. The zero-order valence-electron chi connectivity index (χ0n) is 32.5. The number of aliphatic hydroxyl groups is 2. The molecule has 0 aromatic heterocycles. The summed E-state index contributed by atoms with van der Waals surface area (Å²) in [5.41, 5.74) is -6.25. The lowest BCUT2D eigenvalue weighted by molar-refractivity contribution is -0.155. The molecule has 0 radical (unpaired) electrons. The number of imide groups is 2. The molecule has 0 bridgehead atoms. The Morgan fingerprint density at radius 3 is 1.29 bits per heavy atom. The standard InChI is InChI=1S/C36H60N6O10/c1-30(2)18-35(19-31(3,4)39(30)9)25(47)41(28(51)37-35)16-22(43)14-34(27(49)50,13-11-12-24(45)46)15-23(44)17-42-26(48)36(38-29(42)52)20-32(5,6)40(10)33(7,8)21-36/h22-23,43-44H,11-21H2,1-10H3,(H,37,51)(H,38,52)(H,45,46)(H,49,50). The number of carbonyl (C=O) groups is 6. The highest BCUT2D eigenvalue weighted by atomic mass is 16.4. The van der Waals surface area contributed by atoms with Gasteiger partial charge in [-0.05, 0) is 121 Å². The number of aliphatic carboxylic acids is 2. The molecule has 4 fully saturated rings. The normalized spacial score (nSPS) is 27.0. The highest BCUT2D eigenvalue weighted by Gasteiger charge is 2.62. The largest absolute Gasteiger partial charge is 0.481 e. The molecule has 4 aliphatic heterocycles. The Hall–Kier alpha value is -3.34. The molecule has 0 aromatic carbocycles. The second kappa shape index (κ2) is 13.5. The van der Waals surface area contributed by atoms with E-state index in [1.54, 1.807) is 0 Å². The monoisotopic (exact) mass is 736 g/mol. The molecule has 16 heteroatoms. The van der Waals surface area contributed by atoms with Crippen LogP contribution in [0.1, 0.15) is 113 Å². The number of carbonyl (C=O) groups excluding carboxylic acids is 4. The van der Waals surface area contributed by atoms with Gasteiger partial charge in [0.15, 0.2) is 0 Å². The van der Waals surface area contributed by atoms with Crippen molar-refractivity contribution < 1.29 is 49.2 Å². The third kappa shape index (κ3) is 7.53. The number of carboxylic acids is 2. The van der Waals surface area contributed by atoms with Crippen LogP contribution in [-0.2, 0) is 19.2 Å². The first kappa shape index (κ1) is 41.4. The van der Waals surface area contributed by atoms with Gasteiger partial charge in [-0.3, -0.25) is 38.8 Å². The fourth-order valence-electron chi connectivity index (χ4n) is 9.96. The number of aliphatic hydroxyl groups excluding tert-OH is 2. The summed E-state index contributed by atoms with van der Waals surface area (Å²) in [6, 6.07) is -1.42. The minimum absolute atomic E-state index is 0.116. The van der Waals surface area contributed by atoms with Crippen LogP contribution in [-0.4, -0.2) is 148 Å². The van der Waals surface area contributed by atoms with Crippen molar-refractivity contribution in [2.75, 3.05) is 27.2 Å². The number of piperidine rings is 2. The number of hydrogen-bond donors (Lipinski definition) is 6. The lowest BCUT2D eigenvalue weighted by Crippen LogP contribution is -2.68. The van der Waals surface area contributed by atoms with Gasteiger partial charge in [0.1, 0.15) is 11.1 Å². The Morgan fingerprint density at radius 2 is 1.00 bits per heavy atom. The van der Waals surface area contributed by atoms with Crippen LogP contribution in [0, 0.1) is 5.41 Å². The molecule has 2 atom stereocenters. The number of β-amino-alcohol motifs (C(OH)–C–C–N with tert-alkyl or cyclic N) is 2. The van der Waals surface area contributed by atoms with Crippen molar-refractivity contribution in [3.8, 4) is 0 Å². The maximum atomic E-state index is 13.9. The van der Waals surface area contributed by atoms with Crippen LogP contribution in [0.2, 0.25) is 0 Å². The summed E-state index contributed by atoms with van der Waals surface area (Å²) in [7, 11) is 3.92. The van der Waals surface area contributed by atoms with Gasteiger partial charge in [0.2, 0.25) is 0 Å². The smallest absolute Gasteiger partial charge is 0.325 e. The molecular formula is C36H60N6O10. The molecular weight excluding hydrogens is 676 g/mol. The van der Waals surface area contributed by atoms with E-state index in [-0.39, 0.29) is 19.3 Å². The quantitative estimate of drug-likeness (QED) is 0.150. The number of nitrogens with zero attached hydrogens (tertiary/aromatic N) is 4. The van der Waals surface area contributed by atoms with E-state index in [1.807, 2.05) is 69.5 Å². The zero-order chi connectivity index (χ0) is 39.6. The molecule has 4 aliphatic rings. The third-order valence-electron chi connectivity index (χ3n) is 12.6. The van der Waals surface area contributed by atoms with E-state index in [2.05, 4.69) is 20.4 Å². The first-order valence-electron chi connectivity index (χ1n) is 18.1. The molecule has 2 spiro atoms. The van der Waals surface area contributed by atoms with Gasteiger partial charge < -0.3 is 31.1 Å². The van der Waals surface area contributed by atoms with Gasteiger partial charge in [-0.15, -0.1) is 0 Å². The van der Waals surface area contributed by atoms with E-state index in [1.165, 1.54) is 0 Å². The maximum Gasteiger partial charge on any atom is 0.325 e. The third-order valence-corrected chi connectivity index (χ3v) is 12.6. The molecule has 0 aromatic rings. The summed E-state index contributed by atoms with van der Waals surface area (Å²) in [5, 5.41) is 48.3. The van der Waals surface area contributed by atoms with E-state index in [4.69, 9.17) is 0 Å². The predicted octanol–water partition coefficient (Wildman–Crippen LogP) is 1.96. The Balaban J connectivity index is 1.54. The fourth-order valence-corrected chi connectivity index (χ4v) is 9.96. The number of hydrogen-bond acceptors (Lipinski definition) is 10. The van der Waals surface area contributed by atoms with E-state index < -0.39 is 113 Å². The molecule has 0 aliphatic carbocycles. The highest BCUT2D eigenvalue weighted by molar-refractivity contribution is 6.08. The van der Waals surface area contributed by atoms with E-state index in [9.17, 15) is 49.2 Å². The lowest BCUT2D eigenvalue weighted by atomic mass is 9.69. The first-order chi connectivity index (χ1) is 23.6. The minimum atomic E-state index is -1.93. The van der Waals surface area contributed by atoms with Crippen LogP contribution in [0.3, 0.4) is 0 Å². The van der Waals surface area contributed by atoms with Crippen LogP contribution in [0.15, 0.2) is 0 Å². The van der Waals surface area contributed by atoms with Gasteiger partial charge in [0, 0.05) is 28.6 Å². The SMILES string of the molecule is CN1C(C)(C)CC2(CC1(C)C)NC(=O)N(CC(O)CC(CCCC(=O)O)(CC(O)CN1C(=O)NC3(CC(C)(C)N(C)C(C)(C)C3)C1=O)C(=O)O)C2=O. The molecule has 294 valence electrons. The number of amides is 6. The van der Waals surface area contributed by atoms with Crippen molar-refractivity contribution in [3.05, 3.63) is 0 Å². The highest BCUT2D eigenvalue weighted by Crippen LogP contribution is 2.47. The second-order valence-corrected chi connectivity index (χ2v) is 18.5. The number of rotatable bonds is 13. The van der Waals surface area contributed by atoms with Crippen molar-refractivity contribution in [1.82, 2.24) is 30.2 Å². The van der Waals surface area contributed by atoms with Gasteiger partial charge in [-0.2, -0.15) is 0 Å². The predicted molar refractivity (Wildman–Crippen MR) is 189 cm³/mol. The van der Waals surface area contributed by atoms with Gasteiger partial charge in [0.25, 0.3) is 11.8 Å². The molecule has 0 saturated carbocycles. The molecule has 6 amide bonds. The van der Waals surface area contributed by atoms with Crippen LogP contribution in [0.25, 0.3) is 0 Å². The number of urea groups is 2. The van der Waals surface area contributed by atoms with Crippen molar-refractivity contribution >= 4 is 35.8 Å². The van der Waals surface area contributed by atoms with Gasteiger partial charge in [0.05, 0.1) is 30.7 Å². The Labute approximate surface area is 306 Å². The number of carboxylic acid groups (broad SMARTS) is 2. The molecule has 6 N–H and O–H groups in total. The summed E-state index contributed by atoms with van der Waals surface area (Å²) in [6.07, 6.45) is -3.73. The van der Waals surface area contributed by atoms with Gasteiger partial charge >= 0.3 is 24.0 Å². The maximum absolute atomic E-state index is 13.9. The van der Waals surface area contributed by atoms with Crippen LogP contribution >= 0.6 is 0 Å². The Bertz CT molecular complexity index is 1370. The fraction of sp³-hybridized carbons (Fsp3) is 0.833. The van der Waals surface area contributed by atoms with Crippen molar-refractivity contribution in [1.29, 1.82) is 0 Å². The number of likely N-dealkylation sites (tertiary alicyclic amines) is 2. The average Bonchev–Trinajstić information content (AvgIpc) is 3.31. The van der Waals surface area contributed by atoms with Crippen molar-refractivity contribution in [2.24, 2.45) is 5.41 Å². The minimum Gasteiger partial charge on any atom is -0.481 e. The van der Waals surface area contributed by atoms with Crippen molar-refractivity contribution in [3.63, 3.8) is 0 Å². The van der Waals surface area contributed by atoms with Crippen LogP contribution < -0.4 is 10.6 Å². The van der Waals surface area contributed by atoms with E-state index in [0.29, 0.717) is 25.7 Å². The van der Waals surface area contributed by atoms with Gasteiger partial charge in [-0.1, -0.05) is 0 Å². The Kier molecular flexibility index (Phi) is 10.8. The first-order valence-corrected chi connectivity index (χ1v) is 18.1. The zero-order valence-corrected chi connectivity index (χ0v) is 32.5. The molecule has 2 unspecified atom stereocenters. The summed E-state index contributed by atoms with van der Waals surface area (Å²) in [5.74, 6) is -3.64. The van der Waals surface area contributed by atoms with Crippen LogP contribution in [0.5, 0.6) is 0 Å². The van der Waals surface area contributed by atoms with Crippen molar-refractivity contribution in [2.45, 2.75) is 159 Å². The summed E-state index contributed by atoms with van der Waals surface area (Å²) < 4.78 is 0. The molecule has 4 heterocycles. The summed E-state index contributed by atoms with van der Waals surface area (Å²) >= 11 is 0. The molecule has 4 saturated heterocycles. The summed E-state index contributed by atoms with van der Waals surface area (Å²) in [6.45, 7) is 14.8. The molecule has 4 rings (SSSR count). The topological polar surface area (TPSA) is 220 Å². The average molecular weight is 737 g/mol.